The molecule has 0 radical (unpaired) electrons. The Labute approximate surface area is 165 Å². The first-order chi connectivity index (χ1) is 13.6. The van der Waals surface area contributed by atoms with Crippen LogP contribution in [-0.2, 0) is 17.9 Å². The molecule has 2 aromatic carbocycles. The summed E-state index contributed by atoms with van der Waals surface area (Å²) >= 11 is 1.39. The lowest BCUT2D eigenvalue weighted by atomic mass is 10.1. The van der Waals surface area contributed by atoms with E-state index in [1.54, 1.807) is 6.20 Å². The lowest BCUT2D eigenvalue weighted by Crippen LogP contribution is -2.28. The summed E-state index contributed by atoms with van der Waals surface area (Å²) in [5.41, 5.74) is 3.42. The normalized spacial score (nSPS) is 12.8. The Bertz CT molecular complexity index is 1020. The van der Waals surface area contributed by atoms with E-state index in [0.29, 0.717) is 22.0 Å². The number of nitrogens with zero attached hydrogens (tertiary/aromatic N) is 1. The van der Waals surface area contributed by atoms with E-state index in [-0.39, 0.29) is 19.9 Å². The van der Waals surface area contributed by atoms with Crippen LogP contribution in [0.1, 0.15) is 16.7 Å². The van der Waals surface area contributed by atoms with Gasteiger partial charge in [0.1, 0.15) is 11.6 Å². The van der Waals surface area contributed by atoms with Gasteiger partial charge in [0, 0.05) is 23.9 Å². The smallest absolute Gasteiger partial charge is 0.321 e. The Morgan fingerprint density at radius 3 is 3.04 bits per heavy atom. The standard InChI is InChI=1S/C20H18FN3O3S/c1-12-4-2-3-5-16(12)17-9-23-20(28-17)24-19(25)22-8-13-6-15(21)7-14-10-26-11-27-18(13)14/h2-7,9H,8,10-11H2,1H3,(H2,22,23,24,25). The summed E-state index contributed by atoms with van der Waals surface area (Å²) in [5.74, 6) is 0.164. The number of benzene rings is 2. The van der Waals surface area contributed by atoms with Crippen LogP contribution in [-0.4, -0.2) is 17.8 Å². The number of carbonyl (C=O) groups excluding carboxylic acids is 1. The third-order valence-corrected chi connectivity index (χ3v) is 5.27. The zero-order chi connectivity index (χ0) is 19.5. The molecule has 0 saturated heterocycles. The molecule has 3 aromatic rings. The van der Waals surface area contributed by atoms with Crippen molar-refractivity contribution in [3.8, 4) is 16.2 Å². The van der Waals surface area contributed by atoms with Crippen LogP contribution < -0.4 is 15.4 Å². The van der Waals surface area contributed by atoms with Crippen molar-refractivity contribution in [2.45, 2.75) is 20.1 Å². The van der Waals surface area contributed by atoms with Crippen LogP contribution in [0.25, 0.3) is 10.4 Å². The van der Waals surface area contributed by atoms with Gasteiger partial charge in [-0.2, -0.15) is 0 Å². The summed E-state index contributed by atoms with van der Waals surface area (Å²) < 4.78 is 24.4. The van der Waals surface area contributed by atoms with E-state index in [0.717, 1.165) is 16.0 Å². The zero-order valence-corrected chi connectivity index (χ0v) is 15.9. The van der Waals surface area contributed by atoms with E-state index >= 15 is 0 Å². The monoisotopic (exact) mass is 399 g/mol. The molecule has 0 atom stereocenters. The summed E-state index contributed by atoms with van der Waals surface area (Å²) in [6.45, 7) is 2.55. The fraction of sp³-hybridized carbons (Fsp3) is 0.200. The molecular formula is C20H18FN3O3S. The maximum atomic E-state index is 13.8. The second-order valence-electron chi connectivity index (χ2n) is 6.32. The molecule has 2 heterocycles. The number of aryl methyl sites for hydroxylation is 1. The van der Waals surface area contributed by atoms with Crippen molar-refractivity contribution in [1.82, 2.24) is 10.3 Å². The van der Waals surface area contributed by atoms with E-state index in [2.05, 4.69) is 15.6 Å². The first-order valence-electron chi connectivity index (χ1n) is 8.68. The van der Waals surface area contributed by atoms with Crippen molar-refractivity contribution in [2.75, 3.05) is 12.1 Å². The first-order valence-corrected chi connectivity index (χ1v) is 9.50. The fourth-order valence-corrected chi connectivity index (χ4v) is 3.91. The molecule has 0 unspecified atom stereocenters. The van der Waals surface area contributed by atoms with Crippen LogP contribution >= 0.6 is 11.3 Å². The largest absolute Gasteiger partial charge is 0.467 e. The molecule has 0 fully saturated rings. The molecule has 2 amide bonds. The van der Waals surface area contributed by atoms with Crippen molar-refractivity contribution in [2.24, 2.45) is 0 Å². The molecule has 1 aliphatic heterocycles. The van der Waals surface area contributed by atoms with Gasteiger partial charge in [-0.1, -0.05) is 35.6 Å². The molecule has 1 aromatic heterocycles. The Hall–Kier alpha value is -2.97. The van der Waals surface area contributed by atoms with E-state index in [4.69, 9.17) is 9.47 Å². The highest BCUT2D eigenvalue weighted by molar-refractivity contribution is 7.19. The van der Waals surface area contributed by atoms with Gasteiger partial charge in [-0.25, -0.2) is 14.2 Å². The van der Waals surface area contributed by atoms with Crippen molar-refractivity contribution < 1.29 is 18.7 Å². The molecule has 4 rings (SSSR count). The fourth-order valence-electron chi connectivity index (χ4n) is 3.01. The number of thiazole rings is 1. The number of hydrogen-bond donors (Lipinski definition) is 2. The van der Waals surface area contributed by atoms with Crippen molar-refractivity contribution >= 4 is 22.5 Å². The summed E-state index contributed by atoms with van der Waals surface area (Å²) in [4.78, 5) is 17.5. The van der Waals surface area contributed by atoms with Crippen LogP contribution in [0.4, 0.5) is 14.3 Å². The Morgan fingerprint density at radius 2 is 2.18 bits per heavy atom. The van der Waals surface area contributed by atoms with Crippen molar-refractivity contribution in [1.29, 1.82) is 0 Å². The molecule has 6 nitrogen and oxygen atoms in total. The molecule has 2 N–H and O–H groups in total. The quantitative estimate of drug-likeness (QED) is 0.680. The zero-order valence-electron chi connectivity index (χ0n) is 15.1. The highest BCUT2D eigenvalue weighted by Crippen LogP contribution is 2.31. The third kappa shape index (κ3) is 3.97. The number of ether oxygens (including phenoxy) is 2. The van der Waals surface area contributed by atoms with Gasteiger partial charge in [0.05, 0.1) is 11.5 Å². The number of fused-ring (bicyclic) bond motifs is 1. The molecule has 8 heteroatoms. The number of urea groups is 1. The Morgan fingerprint density at radius 1 is 1.32 bits per heavy atom. The van der Waals surface area contributed by atoms with Gasteiger partial charge in [-0.3, -0.25) is 5.32 Å². The predicted octanol–water partition coefficient (Wildman–Crippen LogP) is 4.45. The van der Waals surface area contributed by atoms with Crippen molar-refractivity contribution in [3.63, 3.8) is 0 Å². The number of amides is 2. The molecule has 0 aliphatic carbocycles. The predicted molar refractivity (Wildman–Crippen MR) is 105 cm³/mol. The molecule has 1 aliphatic rings. The van der Waals surface area contributed by atoms with E-state index in [1.165, 1.54) is 23.5 Å². The number of hydrogen-bond acceptors (Lipinski definition) is 5. The summed E-state index contributed by atoms with van der Waals surface area (Å²) in [7, 11) is 0. The summed E-state index contributed by atoms with van der Waals surface area (Å²) in [6.07, 6.45) is 1.74. The van der Waals surface area contributed by atoms with Crippen LogP contribution in [0.3, 0.4) is 0 Å². The molecule has 28 heavy (non-hydrogen) atoms. The van der Waals surface area contributed by atoms with Crippen LogP contribution in [0.15, 0.2) is 42.6 Å². The lowest BCUT2D eigenvalue weighted by Gasteiger charge is -2.21. The molecule has 0 bridgehead atoms. The number of rotatable bonds is 4. The van der Waals surface area contributed by atoms with Gasteiger partial charge in [0.15, 0.2) is 11.9 Å². The van der Waals surface area contributed by atoms with Crippen LogP contribution in [0, 0.1) is 12.7 Å². The van der Waals surface area contributed by atoms with Gasteiger partial charge in [0.2, 0.25) is 0 Å². The topological polar surface area (TPSA) is 72.5 Å². The average molecular weight is 399 g/mol. The average Bonchev–Trinajstić information content (AvgIpc) is 3.14. The number of carbonyl (C=O) groups is 1. The second-order valence-corrected chi connectivity index (χ2v) is 7.35. The maximum Gasteiger partial charge on any atom is 0.321 e. The van der Waals surface area contributed by atoms with Gasteiger partial charge < -0.3 is 14.8 Å². The van der Waals surface area contributed by atoms with Crippen LogP contribution in [0.2, 0.25) is 0 Å². The number of nitrogens with one attached hydrogen (secondary N) is 2. The second kappa shape index (κ2) is 7.95. The van der Waals surface area contributed by atoms with Gasteiger partial charge in [0.25, 0.3) is 0 Å². The molecule has 0 spiro atoms. The molecule has 144 valence electrons. The third-order valence-electron chi connectivity index (χ3n) is 4.33. The Balaban J connectivity index is 1.41. The van der Waals surface area contributed by atoms with E-state index in [9.17, 15) is 9.18 Å². The van der Waals surface area contributed by atoms with E-state index in [1.807, 2.05) is 31.2 Å². The van der Waals surface area contributed by atoms with Gasteiger partial charge >= 0.3 is 6.03 Å². The first kappa shape index (κ1) is 18.4. The SMILES string of the molecule is Cc1ccccc1-c1cnc(NC(=O)NCc2cc(F)cc3c2OCOC3)s1. The minimum absolute atomic E-state index is 0.110. The Kier molecular flexibility index (Phi) is 5.23. The maximum absolute atomic E-state index is 13.8. The number of halogens is 1. The minimum Gasteiger partial charge on any atom is -0.467 e. The highest BCUT2D eigenvalue weighted by Gasteiger charge is 2.17. The number of anilines is 1. The lowest BCUT2D eigenvalue weighted by molar-refractivity contribution is -0.0173. The minimum atomic E-state index is -0.421. The molecular weight excluding hydrogens is 381 g/mol. The molecule has 0 saturated carbocycles. The van der Waals surface area contributed by atoms with Gasteiger partial charge in [-0.15, -0.1) is 0 Å². The number of aromatic nitrogens is 1. The van der Waals surface area contributed by atoms with Gasteiger partial charge in [-0.05, 0) is 30.2 Å². The summed E-state index contributed by atoms with van der Waals surface area (Å²) in [5, 5.41) is 5.92. The van der Waals surface area contributed by atoms with E-state index < -0.39 is 11.8 Å². The summed E-state index contributed by atoms with van der Waals surface area (Å²) in [6, 6.07) is 10.3. The highest BCUT2D eigenvalue weighted by atomic mass is 32.1. The van der Waals surface area contributed by atoms with Crippen LogP contribution in [0.5, 0.6) is 5.75 Å². The van der Waals surface area contributed by atoms with Crippen molar-refractivity contribution in [3.05, 3.63) is 65.1 Å².